The predicted molar refractivity (Wildman–Crippen MR) is 308 cm³/mol. The van der Waals surface area contributed by atoms with Gasteiger partial charge in [-0.2, -0.15) is 0 Å². The smallest absolute Gasteiger partial charge is 0.462 e. The van der Waals surface area contributed by atoms with Crippen LogP contribution >= 0.6 is 15.6 Å². The molecule has 0 aromatic carbocycles. The van der Waals surface area contributed by atoms with Crippen molar-refractivity contribution in [1.29, 1.82) is 0 Å². The Balaban J connectivity index is 5.03. The van der Waals surface area contributed by atoms with E-state index in [0.717, 1.165) is 96.3 Å². The van der Waals surface area contributed by atoms with E-state index in [-0.39, 0.29) is 25.7 Å². The van der Waals surface area contributed by atoms with E-state index in [1.807, 2.05) is 0 Å². The minimum atomic E-state index is -4.93. The molecule has 5 atom stereocenters. The second-order valence-corrected chi connectivity index (χ2v) is 24.3. The second kappa shape index (κ2) is 54.3. The lowest BCUT2D eigenvalue weighted by Gasteiger charge is -2.21. The molecule has 0 fully saturated rings. The summed E-state index contributed by atoms with van der Waals surface area (Å²) >= 11 is 0. The molecule has 78 heavy (non-hydrogen) atoms. The van der Waals surface area contributed by atoms with Gasteiger partial charge in [-0.3, -0.25) is 37.3 Å². The van der Waals surface area contributed by atoms with Gasteiger partial charge >= 0.3 is 39.5 Å². The molecule has 0 saturated heterocycles. The lowest BCUT2D eigenvalue weighted by atomic mass is 10.0. The van der Waals surface area contributed by atoms with E-state index in [1.165, 1.54) is 122 Å². The van der Waals surface area contributed by atoms with Crippen molar-refractivity contribution >= 4 is 39.5 Å². The van der Waals surface area contributed by atoms with Gasteiger partial charge in [0, 0.05) is 25.7 Å². The Morgan fingerprint density at radius 1 is 0.308 bits per heavy atom. The number of phosphoric acid groups is 2. The van der Waals surface area contributed by atoms with Gasteiger partial charge in [-0.15, -0.1) is 0 Å². The zero-order valence-corrected chi connectivity index (χ0v) is 51.4. The Labute approximate surface area is 473 Å². The molecule has 0 heterocycles. The summed E-state index contributed by atoms with van der Waals surface area (Å²) in [5.41, 5.74) is 0. The van der Waals surface area contributed by atoms with Gasteiger partial charge in [0.1, 0.15) is 19.3 Å². The molecule has 0 aliphatic rings. The van der Waals surface area contributed by atoms with Crippen molar-refractivity contribution in [3.8, 4) is 0 Å². The highest BCUT2D eigenvalue weighted by Gasteiger charge is 2.30. The molecule has 0 aromatic rings. The fourth-order valence-corrected chi connectivity index (χ4v) is 10.3. The van der Waals surface area contributed by atoms with E-state index in [4.69, 9.17) is 37.0 Å². The van der Waals surface area contributed by atoms with Gasteiger partial charge in [-0.1, -0.05) is 246 Å². The number of ether oxygens (including phenoxy) is 4. The summed E-state index contributed by atoms with van der Waals surface area (Å²) < 4.78 is 67.3. The number of aliphatic hydroxyl groups excluding tert-OH is 1. The summed E-state index contributed by atoms with van der Waals surface area (Å²) in [6.07, 6.45) is 38.5. The number of rotatable bonds is 60. The number of phosphoric ester groups is 2. The first-order valence-corrected chi connectivity index (χ1v) is 34.3. The molecule has 2 unspecified atom stereocenters. The maximum Gasteiger partial charge on any atom is 0.472 e. The number of carbonyl (C=O) groups is 4. The van der Waals surface area contributed by atoms with Gasteiger partial charge in [0.15, 0.2) is 12.2 Å². The molecule has 0 spiro atoms. The third-order valence-electron chi connectivity index (χ3n) is 13.6. The van der Waals surface area contributed by atoms with Crippen LogP contribution in [0, 0.1) is 0 Å². The summed E-state index contributed by atoms with van der Waals surface area (Å²) in [5, 5.41) is 10.4. The van der Waals surface area contributed by atoms with E-state index in [2.05, 4.69) is 27.7 Å². The number of esters is 4. The molecule has 0 aliphatic heterocycles. The van der Waals surface area contributed by atoms with Crippen LogP contribution in [-0.4, -0.2) is 96.7 Å². The summed E-state index contributed by atoms with van der Waals surface area (Å²) in [5.74, 6) is -2.16. The van der Waals surface area contributed by atoms with E-state index in [9.17, 15) is 43.2 Å². The molecule has 3 N–H and O–H groups in total. The first kappa shape index (κ1) is 76.1. The lowest BCUT2D eigenvalue weighted by molar-refractivity contribution is -0.161. The topological polar surface area (TPSA) is 237 Å². The van der Waals surface area contributed by atoms with Gasteiger partial charge in [0.25, 0.3) is 0 Å². The summed E-state index contributed by atoms with van der Waals surface area (Å²) in [7, 11) is -9.85. The molecule has 0 aromatic heterocycles. The second-order valence-electron chi connectivity index (χ2n) is 21.4. The Hall–Kier alpha value is -1.94. The van der Waals surface area contributed by atoms with Crippen molar-refractivity contribution in [2.45, 2.75) is 316 Å². The molecule has 0 bridgehead atoms. The standard InChI is InChI=1S/C59H114O17P2/c1-5-9-13-17-19-21-22-23-24-25-26-27-28-29-30-32-34-38-42-46-59(64)76-55(50-70-57(62)44-40-37-33-31-20-18-14-10-6-2)52-74-78(67,68)72-48-53(60)47-71-77(65,66)73-51-54(75-58(63)45-41-36-16-12-8-4)49-69-56(61)43-39-35-15-11-7-3/h53-55,60H,5-52H2,1-4H3,(H,65,66)(H,67,68)/t53-,54+,55+/m0/s1. The highest BCUT2D eigenvalue weighted by molar-refractivity contribution is 7.47. The number of hydrogen-bond donors (Lipinski definition) is 3. The number of unbranched alkanes of at least 4 members (excludes halogenated alkanes) is 34. The fraction of sp³-hybridized carbons (Fsp3) is 0.932. The quantitative estimate of drug-likeness (QED) is 0.0222. The molecule has 0 amide bonds. The zero-order valence-electron chi connectivity index (χ0n) is 49.6. The molecular weight excluding hydrogens is 1040 g/mol. The van der Waals surface area contributed by atoms with Crippen molar-refractivity contribution in [3.63, 3.8) is 0 Å². The van der Waals surface area contributed by atoms with Crippen LogP contribution in [0.2, 0.25) is 0 Å². The number of aliphatic hydroxyl groups is 1. The van der Waals surface area contributed by atoms with E-state index in [0.29, 0.717) is 25.7 Å². The number of carbonyl (C=O) groups excluding carboxylic acids is 4. The van der Waals surface area contributed by atoms with Gasteiger partial charge in [0.2, 0.25) is 0 Å². The Bertz CT molecular complexity index is 1520. The molecule has 19 heteroatoms. The van der Waals surface area contributed by atoms with Crippen molar-refractivity contribution in [2.75, 3.05) is 39.6 Å². The van der Waals surface area contributed by atoms with Crippen LogP contribution in [0.3, 0.4) is 0 Å². The van der Waals surface area contributed by atoms with Crippen molar-refractivity contribution in [3.05, 3.63) is 0 Å². The zero-order chi connectivity index (χ0) is 57.6. The normalized spacial score (nSPS) is 14.3. The SMILES string of the molecule is CCCCCCCCCCCCCCCCCCCCCC(=O)O[C@H](COC(=O)CCCCCCCCCCC)COP(=O)(O)OC[C@@H](O)COP(=O)(O)OC[C@@H](COC(=O)CCCCCCC)OC(=O)CCCCCCC. The van der Waals surface area contributed by atoms with E-state index >= 15 is 0 Å². The Morgan fingerprint density at radius 2 is 0.513 bits per heavy atom. The first-order chi connectivity index (χ1) is 37.7. The first-order valence-electron chi connectivity index (χ1n) is 31.3. The predicted octanol–water partition coefficient (Wildman–Crippen LogP) is 16.0. The average molecular weight is 1160 g/mol. The molecule has 0 aliphatic carbocycles. The highest BCUT2D eigenvalue weighted by Crippen LogP contribution is 2.45. The molecule has 17 nitrogen and oxygen atoms in total. The lowest BCUT2D eigenvalue weighted by Crippen LogP contribution is -2.30. The minimum absolute atomic E-state index is 0.0991. The summed E-state index contributed by atoms with van der Waals surface area (Å²) in [6, 6.07) is 0. The fourth-order valence-electron chi connectivity index (χ4n) is 8.75. The molecule has 462 valence electrons. The highest BCUT2D eigenvalue weighted by atomic mass is 31.2. The van der Waals surface area contributed by atoms with Gasteiger partial charge in [-0.25, -0.2) is 9.13 Å². The van der Waals surface area contributed by atoms with Gasteiger partial charge < -0.3 is 33.8 Å². The van der Waals surface area contributed by atoms with Crippen LogP contribution in [-0.2, 0) is 65.4 Å². The summed E-state index contributed by atoms with van der Waals surface area (Å²) in [6.45, 7) is 4.66. The van der Waals surface area contributed by atoms with Crippen molar-refractivity contribution < 1.29 is 80.2 Å². The third-order valence-corrected chi connectivity index (χ3v) is 15.5. The maximum atomic E-state index is 12.9. The van der Waals surface area contributed by atoms with Crippen LogP contribution < -0.4 is 0 Å². The van der Waals surface area contributed by atoms with Gasteiger partial charge in [-0.05, 0) is 25.7 Å². The van der Waals surface area contributed by atoms with Crippen molar-refractivity contribution in [1.82, 2.24) is 0 Å². The van der Waals surface area contributed by atoms with E-state index < -0.39 is 97.5 Å². The van der Waals surface area contributed by atoms with Crippen LogP contribution in [0.25, 0.3) is 0 Å². The van der Waals surface area contributed by atoms with Crippen LogP contribution in [0.5, 0.6) is 0 Å². The number of hydrogen-bond acceptors (Lipinski definition) is 15. The average Bonchev–Trinajstić information content (AvgIpc) is 3.41. The third kappa shape index (κ3) is 53.4. The minimum Gasteiger partial charge on any atom is -0.462 e. The Morgan fingerprint density at radius 3 is 0.756 bits per heavy atom. The van der Waals surface area contributed by atoms with Crippen LogP contribution in [0.4, 0.5) is 0 Å². The van der Waals surface area contributed by atoms with Crippen LogP contribution in [0.1, 0.15) is 297 Å². The molecule has 0 rings (SSSR count). The maximum absolute atomic E-state index is 12.9. The van der Waals surface area contributed by atoms with Crippen molar-refractivity contribution in [2.24, 2.45) is 0 Å². The molecular formula is C59H114O17P2. The Kier molecular flexibility index (Phi) is 53.0. The summed E-state index contributed by atoms with van der Waals surface area (Å²) in [4.78, 5) is 71.4. The van der Waals surface area contributed by atoms with E-state index in [1.54, 1.807) is 0 Å². The molecule has 0 saturated carbocycles. The largest absolute Gasteiger partial charge is 0.472 e. The molecule has 0 radical (unpaired) electrons. The van der Waals surface area contributed by atoms with Gasteiger partial charge in [0.05, 0.1) is 26.4 Å². The van der Waals surface area contributed by atoms with Crippen LogP contribution in [0.15, 0.2) is 0 Å². The monoisotopic (exact) mass is 1160 g/mol.